The van der Waals surface area contributed by atoms with E-state index in [4.69, 9.17) is 13.8 Å². The molecule has 0 spiro atoms. The van der Waals surface area contributed by atoms with Gasteiger partial charge < -0.3 is 24.3 Å². The Morgan fingerprint density at radius 3 is 2.47 bits per heavy atom. The van der Waals surface area contributed by atoms with Crippen LogP contribution in [0.3, 0.4) is 0 Å². The van der Waals surface area contributed by atoms with Crippen molar-refractivity contribution in [1.82, 2.24) is 0 Å². The fourth-order valence-electron chi connectivity index (χ4n) is 7.13. The molecule has 7 rings (SSSR count). The van der Waals surface area contributed by atoms with Crippen molar-refractivity contribution in [2.45, 2.75) is 49.8 Å². The standard InChI is InChI=1S/C40H38N2O4S.ClO/c1-5-41(6-2)27-19-20-30-35(23-27)46-39-25(13-12-16-31(39)38(30)28-14-8-9-15-29(28)40(43)44)21-26-22-37-33(24-34(26)45-4)42(7-3)32-17-10-11-18-36(32)47-37;1-2/h8-11,14-15,17-24H,5-7,12-13,16H2,1-4H3;/q;-1/p+1/b25-21+;. The van der Waals surface area contributed by atoms with Gasteiger partial charge in [-0.2, -0.15) is 0 Å². The number of benzene rings is 4. The van der Waals surface area contributed by atoms with E-state index in [1.165, 1.54) is 15.5 Å². The predicted molar refractivity (Wildman–Crippen MR) is 199 cm³/mol. The number of hydrogen-bond acceptors (Lipinski definition) is 6. The summed E-state index contributed by atoms with van der Waals surface area (Å²) in [6.07, 6.45) is 4.78. The Balaban J connectivity index is 0.00000205. The molecule has 0 saturated heterocycles. The summed E-state index contributed by atoms with van der Waals surface area (Å²) in [6, 6.07) is 26.6. The van der Waals surface area contributed by atoms with Crippen LogP contribution in [0.1, 0.15) is 60.9 Å². The van der Waals surface area contributed by atoms with E-state index in [2.05, 4.69) is 103 Å². The van der Waals surface area contributed by atoms with Gasteiger partial charge in [-0.3, -0.25) is 0 Å². The molecule has 7 nitrogen and oxygen atoms in total. The zero-order valence-corrected chi connectivity index (χ0v) is 29.7. The Labute approximate surface area is 296 Å². The molecule has 2 aliphatic rings. The number of fused-ring (bicyclic) bond motifs is 4. The van der Waals surface area contributed by atoms with Gasteiger partial charge in [0.1, 0.15) is 5.75 Å². The fraction of sp³-hybridized carbons (Fsp3) is 0.250. The molecule has 1 aliphatic carbocycles. The Morgan fingerprint density at radius 2 is 1.73 bits per heavy atom. The fourth-order valence-corrected chi connectivity index (χ4v) is 8.25. The van der Waals surface area contributed by atoms with E-state index < -0.39 is 5.97 Å². The molecule has 1 N–H and O–H groups in total. The van der Waals surface area contributed by atoms with Gasteiger partial charge in [0, 0.05) is 52.3 Å². The van der Waals surface area contributed by atoms with Crippen molar-refractivity contribution in [2.75, 3.05) is 36.5 Å². The van der Waals surface area contributed by atoms with Crippen molar-refractivity contribution in [1.29, 1.82) is 0 Å². The Bertz CT molecular complexity index is 2060. The molecule has 0 atom stereocenters. The lowest BCUT2D eigenvalue weighted by molar-refractivity contribution is -0.166. The van der Waals surface area contributed by atoms with Crippen LogP contribution in [0, 0.1) is 0 Å². The van der Waals surface area contributed by atoms with Gasteiger partial charge in [0.25, 0.3) is 0 Å². The second kappa shape index (κ2) is 14.9. The number of carboxylic acid groups (broad SMARTS) is 1. The highest BCUT2D eigenvalue weighted by Crippen LogP contribution is 2.51. The highest BCUT2D eigenvalue weighted by atomic mass is 35.5. The van der Waals surface area contributed by atoms with Gasteiger partial charge in [-0.15, -0.1) is 0 Å². The highest BCUT2D eigenvalue weighted by molar-refractivity contribution is 7.99. The second-order valence-electron chi connectivity index (χ2n) is 11.9. The first-order valence-electron chi connectivity index (χ1n) is 16.6. The first-order valence-corrected chi connectivity index (χ1v) is 17.7. The molecule has 9 heteroatoms. The summed E-state index contributed by atoms with van der Waals surface area (Å²) >= 11 is 5.18. The average molecular weight is 695 g/mol. The predicted octanol–water partition coefficient (Wildman–Crippen LogP) is 9.93. The van der Waals surface area contributed by atoms with Crippen molar-refractivity contribution >= 4 is 69.3 Å². The van der Waals surface area contributed by atoms with Crippen LogP contribution in [0.25, 0.3) is 33.7 Å². The van der Waals surface area contributed by atoms with Crippen molar-refractivity contribution < 1.29 is 23.7 Å². The number of nitrogens with zero attached hydrogens (tertiary/aromatic N) is 2. The lowest BCUT2D eigenvalue weighted by Gasteiger charge is -2.32. The van der Waals surface area contributed by atoms with Gasteiger partial charge in [0.2, 0.25) is 0 Å². The van der Waals surface area contributed by atoms with Gasteiger partial charge in [-0.05, 0) is 88.1 Å². The number of allylic oxidation sites excluding steroid dienone is 1. The number of methoxy groups -OCH3 is 1. The zero-order valence-electron chi connectivity index (χ0n) is 28.1. The summed E-state index contributed by atoms with van der Waals surface area (Å²) in [4.78, 5) is 19.5. The summed E-state index contributed by atoms with van der Waals surface area (Å²) in [5.74, 6) is 0.695. The molecular formula is C40H39ClN2O5S. The molecule has 0 bridgehead atoms. The minimum absolute atomic E-state index is 0.292. The zero-order chi connectivity index (χ0) is 34.7. The van der Waals surface area contributed by atoms with E-state index in [-0.39, 0.29) is 0 Å². The third-order valence-electron chi connectivity index (χ3n) is 9.37. The number of ether oxygens (including phenoxy) is 1. The second-order valence-corrected chi connectivity index (χ2v) is 13.0. The number of carbonyl (C=O) groups is 1. The summed E-state index contributed by atoms with van der Waals surface area (Å²) in [5, 5.41) is 11.1. The molecule has 49 heavy (non-hydrogen) atoms. The SMILES string of the molecule is CCN(CC)c1ccc2c(-c3ccccc3C(=O)O)c3c([o+]c2c1)/C(=C/c1cc2c(cc1OC)N(CC)c1ccccc1S2)CCC3.[O-]Cl. The topological polar surface area (TPSA) is 87.4 Å². The van der Waals surface area contributed by atoms with Crippen LogP contribution in [-0.2, 0) is 6.42 Å². The summed E-state index contributed by atoms with van der Waals surface area (Å²) < 4.78 is 20.6. The Hall–Kier alpha value is -4.50. The number of aromatic carboxylic acids is 1. The number of hydrogen-bond donors (Lipinski definition) is 1. The monoisotopic (exact) mass is 694 g/mol. The lowest BCUT2D eigenvalue weighted by Crippen LogP contribution is -2.21. The minimum Gasteiger partial charge on any atom is -0.769 e. The molecule has 2 heterocycles. The summed E-state index contributed by atoms with van der Waals surface area (Å²) in [5.41, 5.74) is 9.28. The van der Waals surface area contributed by atoms with Crippen LogP contribution < -0.4 is 19.2 Å². The van der Waals surface area contributed by atoms with Crippen LogP contribution in [0.4, 0.5) is 17.1 Å². The number of para-hydroxylation sites is 1. The highest BCUT2D eigenvalue weighted by Gasteiger charge is 2.34. The molecule has 1 aromatic heterocycles. The van der Waals surface area contributed by atoms with Crippen LogP contribution in [-0.4, -0.2) is 37.8 Å². The van der Waals surface area contributed by atoms with Gasteiger partial charge in [0.15, 0.2) is 0 Å². The summed E-state index contributed by atoms with van der Waals surface area (Å²) in [6.45, 7) is 9.08. The molecular weight excluding hydrogens is 656 g/mol. The lowest BCUT2D eigenvalue weighted by atomic mass is 9.83. The molecule has 0 amide bonds. The summed E-state index contributed by atoms with van der Waals surface area (Å²) in [7, 11) is 1.73. The largest absolute Gasteiger partial charge is 0.769 e. The third-order valence-corrected chi connectivity index (χ3v) is 10.5. The molecule has 5 aromatic rings. The Morgan fingerprint density at radius 1 is 0.980 bits per heavy atom. The third kappa shape index (κ3) is 6.36. The molecule has 0 fully saturated rings. The van der Waals surface area contributed by atoms with Gasteiger partial charge >= 0.3 is 17.3 Å². The minimum atomic E-state index is -0.936. The van der Waals surface area contributed by atoms with Crippen molar-refractivity contribution in [3.05, 3.63) is 101 Å². The maximum absolute atomic E-state index is 12.5. The van der Waals surface area contributed by atoms with Gasteiger partial charge in [0.05, 0.1) is 46.6 Å². The number of halogens is 1. The van der Waals surface area contributed by atoms with Gasteiger partial charge in [-0.25, -0.2) is 21.1 Å². The van der Waals surface area contributed by atoms with E-state index in [0.717, 1.165) is 101 Å². The maximum Gasteiger partial charge on any atom is 0.363 e. The van der Waals surface area contributed by atoms with Crippen LogP contribution in [0.15, 0.2) is 93.1 Å². The molecule has 0 radical (unpaired) electrons. The van der Waals surface area contributed by atoms with E-state index in [1.807, 2.05) is 12.1 Å². The van der Waals surface area contributed by atoms with Crippen molar-refractivity contribution in [3.63, 3.8) is 0 Å². The van der Waals surface area contributed by atoms with E-state index in [1.54, 1.807) is 31.0 Å². The van der Waals surface area contributed by atoms with Crippen molar-refractivity contribution in [2.24, 2.45) is 0 Å². The first kappa shape index (κ1) is 34.4. The number of carboxylic acids is 1. The maximum atomic E-state index is 12.5. The molecule has 4 aromatic carbocycles. The van der Waals surface area contributed by atoms with Crippen molar-refractivity contribution in [3.8, 4) is 16.9 Å². The van der Waals surface area contributed by atoms with Gasteiger partial charge in [-0.1, -0.05) is 42.1 Å². The van der Waals surface area contributed by atoms with E-state index >= 15 is 0 Å². The quantitative estimate of drug-likeness (QED) is 0.161. The first-order chi connectivity index (χ1) is 23.9. The molecule has 252 valence electrons. The molecule has 0 unspecified atom stereocenters. The molecule has 1 aliphatic heterocycles. The number of anilines is 3. The Kier molecular flexibility index (Phi) is 10.5. The normalized spacial score (nSPS) is 14.0. The van der Waals surface area contributed by atoms with Crippen LogP contribution in [0.2, 0.25) is 0 Å². The van der Waals surface area contributed by atoms with E-state index in [0.29, 0.717) is 5.56 Å². The van der Waals surface area contributed by atoms with Crippen LogP contribution >= 0.6 is 23.6 Å². The average Bonchev–Trinajstić information content (AvgIpc) is 3.14. The van der Waals surface area contributed by atoms with E-state index in [9.17, 15) is 9.90 Å². The number of rotatable bonds is 8. The smallest absolute Gasteiger partial charge is 0.363 e. The van der Waals surface area contributed by atoms with Crippen LogP contribution in [0.5, 0.6) is 5.75 Å². The molecule has 0 saturated carbocycles.